The van der Waals surface area contributed by atoms with Crippen molar-refractivity contribution < 1.29 is 19.3 Å². The van der Waals surface area contributed by atoms with Crippen LogP contribution in [0.15, 0.2) is 12.1 Å². The van der Waals surface area contributed by atoms with Gasteiger partial charge in [-0.25, -0.2) is 0 Å². The van der Waals surface area contributed by atoms with E-state index >= 15 is 0 Å². The first-order valence-electron chi connectivity index (χ1n) is 14.4. The third-order valence-electron chi connectivity index (χ3n) is 12.2. The molecule has 2 spiro atoms. The number of rotatable bonds is 6. The highest BCUT2D eigenvalue weighted by atomic mass is 16.6. The molecule has 0 aromatic heterocycles. The van der Waals surface area contributed by atoms with Gasteiger partial charge >= 0.3 is 0 Å². The average molecular weight is 480 g/mol. The smallest absolute Gasteiger partial charge is 0.165 e. The van der Waals surface area contributed by atoms with Crippen LogP contribution in [-0.4, -0.2) is 61.2 Å². The zero-order chi connectivity index (χ0) is 23.6. The van der Waals surface area contributed by atoms with Gasteiger partial charge in [0.1, 0.15) is 11.7 Å². The van der Waals surface area contributed by atoms with E-state index in [0.29, 0.717) is 12.0 Å². The lowest BCUT2D eigenvalue weighted by atomic mass is 9.34. The number of aliphatic hydroxyl groups is 1. The number of fused-ring (bicyclic) bond motifs is 2. The van der Waals surface area contributed by atoms with Crippen molar-refractivity contribution >= 4 is 0 Å². The Bertz CT molecular complexity index is 1050. The van der Waals surface area contributed by atoms with E-state index in [-0.39, 0.29) is 29.0 Å². The van der Waals surface area contributed by atoms with Crippen LogP contribution in [0.5, 0.6) is 11.5 Å². The molecular weight excluding hydrogens is 438 g/mol. The molecule has 0 amide bonds. The van der Waals surface area contributed by atoms with Crippen LogP contribution in [0.4, 0.5) is 0 Å². The van der Waals surface area contributed by atoms with Gasteiger partial charge in [0.05, 0.1) is 13.2 Å². The summed E-state index contributed by atoms with van der Waals surface area (Å²) in [6.45, 7) is 2.42. The lowest BCUT2D eigenvalue weighted by Gasteiger charge is -2.74. The molecule has 9 rings (SSSR count). The van der Waals surface area contributed by atoms with E-state index in [4.69, 9.17) is 14.2 Å². The van der Waals surface area contributed by atoms with E-state index in [1.54, 1.807) is 7.11 Å². The van der Waals surface area contributed by atoms with Crippen LogP contribution in [0.3, 0.4) is 0 Å². The number of ether oxygens (including phenoxy) is 3. The fourth-order valence-corrected chi connectivity index (χ4v) is 10.6. The number of hydrogen-bond acceptors (Lipinski definition) is 5. The Balaban J connectivity index is 1.33. The molecule has 1 saturated heterocycles. The van der Waals surface area contributed by atoms with Gasteiger partial charge in [-0.2, -0.15) is 0 Å². The molecule has 1 aromatic rings. The SMILES string of the molecule is COc1ccc2c3c1O[C@H]1[C@@]4(OC)CC[C@@]5(C[C@@H]4[C@@H](O)C4CCCC4)[C@@H](C2)N(CC2CC2)CC[C@]315. The van der Waals surface area contributed by atoms with Crippen molar-refractivity contribution in [1.29, 1.82) is 0 Å². The predicted molar refractivity (Wildman–Crippen MR) is 133 cm³/mol. The fourth-order valence-electron chi connectivity index (χ4n) is 10.6. The maximum atomic E-state index is 12.0. The number of piperidine rings is 1. The van der Waals surface area contributed by atoms with Crippen molar-refractivity contribution in [3.05, 3.63) is 23.3 Å². The summed E-state index contributed by atoms with van der Waals surface area (Å²) in [6.07, 6.45) is 12.9. The second-order valence-electron chi connectivity index (χ2n) is 13.2. The van der Waals surface area contributed by atoms with E-state index in [2.05, 4.69) is 17.0 Å². The number of benzene rings is 1. The topological polar surface area (TPSA) is 51.2 Å². The standard InChI is InChI=1S/C30H41NO4/c1-33-22-10-9-20-15-23-28-11-12-30(34-2,21(16-28)25(32)19-5-3-4-6-19)27-29(28,24(20)26(22)35-27)13-14-31(23)17-18-7-8-18/h9-10,18-19,21,23,25,27,32H,3-8,11-17H2,1-2H3/t21-,23-,25+,27-,28-,29+,30-/m1/s1. The summed E-state index contributed by atoms with van der Waals surface area (Å²) in [4.78, 5) is 2.88. The van der Waals surface area contributed by atoms with Crippen molar-refractivity contribution in [2.45, 2.75) is 99.9 Å². The third-order valence-corrected chi connectivity index (χ3v) is 12.2. The van der Waals surface area contributed by atoms with Crippen LogP contribution in [0.2, 0.25) is 0 Å². The fraction of sp³-hybridized carbons (Fsp3) is 0.800. The molecule has 2 aliphatic heterocycles. The van der Waals surface area contributed by atoms with Gasteiger partial charge in [-0.05, 0) is 87.8 Å². The van der Waals surface area contributed by atoms with Crippen LogP contribution in [0.1, 0.15) is 75.3 Å². The Hall–Kier alpha value is -1.30. The Kier molecular flexibility index (Phi) is 4.46. The first kappa shape index (κ1) is 21.8. The molecule has 190 valence electrons. The number of hydrogen-bond donors (Lipinski definition) is 1. The molecule has 5 nitrogen and oxygen atoms in total. The third kappa shape index (κ3) is 2.47. The summed E-state index contributed by atoms with van der Waals surface area (Å²) in [5.41, 5.74) is 2.64. The van der Waals surface area contributed by atoms with Crippen LogP contribution in [0, 0.1) is 23.2 Å². The van der Waals surface area contributed by atoms with Gasteiger partial charge in [0.2, 0.25) is 0 Å². The van der Waals surface area contributed by atoms with Gasteiger partial charge in [-0.3, -0.25) is 4.90 Å². The Morgan fingerprint density at radius 2 is 1.94 bits per heavy atom. The Labute approximate surface area is 209 Å². The van der Waals surface area contributed by atoms with Crippen LogP contribution in [-0.2, 0) is 16.6 Å². The highest BCUT2D eigenvalue weighted by Crippen LogP contribution is 2.77. The van der Waals surface area contributed by atoms with Gasteiger partial charge in [0, 0.05) is 42.0 Å². The van der Waals surface area contributed by atoms with Gasteiger partial charge in [0.15, 0.2) is 11.5 Å². The summed E-state index contributed by atoms with van der Waals surface area (Å²) in [5.74, 6) is 3.33. The Morgan fingerprint density at radius 3 is 2.69 bits per heavy atom. The van der Waals surface area contributed by atoms with Crippen molar-refractivity contribution in [2.75, 3.05) is 27.3 Å². The summed E-state index contributed by atoms with van der Waals surface area (Å²) < 4.78 is 19.6. The van der Waals surface area contributed by atoms with Crippen molar-refractivity contribution in [1.82, 2.24) is 4.90 Å². The second-order valence-corrected chi connectivity index (χ2v) is 13.2. The number of nitrogens with zero attached hydrogens (tertiary/aromatic N) is 1. The molecule has 0 radical (unpaired) electrons. The largest absolute Gasteiger partial charge is 0.493 e. The predicted octanol–water partition coefficient (Wildman–Crippen LogP) is 4.47. The highest BCUT2D eigenvalue weighted by molar-refractivity contribution is 5.63. The molecule has 5 saturated carbocycles. The normalized spacial score (nSPS) is 44.3. The first-order chi connectivity index (χ1) is 17.1. The summed E-state index contributed by atoms with van der Waals surface area (Å²) in [7, 11) is 3.67. The van der Waals surface area contributed by atoms with Crippen LogP contribution < -0.4 is 9.47 Å². The molecule has 2 heterocycles. The van der Waals surface area contributed by atoms with E-state index in [1.165, 1.54) is 49.8 Å². The van der Waals surface area contributed by atoms with Gasteiger partial charge in [0.25, 0.3) is 0 Å². The number of aliphatic hydroxyl groups excluding tert-OH is 1. The lowest BCUT2D eigenvalue weighted by Crippen LogP contribution is -2.82. The number of likely N-dealkylation sites (tertiary alicyclic amines) is 1. The van der Waals surface area contributed by atoms with Crippen LogP contribution in [0.25, 0.3) is 0 Å². The molecule has 5 heteroatoms. The van der Waals surface area contributed by atoms with Crippen molar-refractivity contribution in [3.8, 4) is 11.5 Å². The first-order valence-corrected chi connectivity index (χ1v) is 14.4. The van der Waals surface area contributed by atoms with Gasteiger partial charge in [-0.15, -0.1) is 0 Å². The molecule has 0 unspecified atom stereocenters. The second kappa shape index (κ2) is 7.17. The average Bonchev–Trinajstić information content (AvgIpc) is 3.37. The quantitative estimate of drug-likeness (QED) is 0.652. The van der Waals surface area contributed by atoms with E-state index < -0.39 is 5.60 Å². The van der Waals surface area contributed by atoms with Crippen LogP contribution >= 0.6 is 0 Å². The maximum absolute atomic E-state index is 12.0. The highest BCUT2D eigenvalue weighted by Gasteiger charge is 2.81. The minimum atomic E-state index is -0.425. The van der Waals surface area contributed by atoms with Crippen molar-refractivity contribution in [3.63, 3.8) is 0 Å². The maximum Gasteiger partial charge on any atom is 0.165 e. The molecule has 6 fully saturated rings. The zero-order valence-electron chi connectivity index (χ0n) is 21.4. The monoisotopic (exact) mass is 479 g/mol. The summed E-state index contributed by atoms with van der Waals surface area (Å²) in [5, 5.41) is 12.0. The molecule has 35 heavy (non-hydrogen) atoms. The number of methoxy groups -OCH3 is 2. The summed E-state index contributed by atoms with van der Waals surface area (Å²) in [6, 6.07) is 5.01. The molecule has 1 N–H and O–H groups in total. The lowest BCUT2D eigenvalue weighted by molar-refractivity contribution is -0.293. The van der Waals surface area contributed by atoms with E-state index in [1.807, 2.05) is 7.11 Å². The zero-order valence-corrected chi connectivity index (χ0v) is 21.4. The van der Waals surface area contributed by atoms with Gasteiger partial charge in [-0.1, -0.05) is 18.9 Å². The molecule has 8 aliphatic rings. The molecular formula is C30H41NO4. The molecule has 7 atom stereocenters. The Morgan fingerprint density at radius 1 is 1.11 bits per heavy atom. The summed E-state index contributed by atoms with van der Waals surface area (Å²) >= 11 is 0. The van der Waals surface area contributed by atoms with Crippen molar-refractivity contribution in [2.24, 2.45) is 23.2 Å². The molecule has 1 aromatic carbocycles. The minimum absolute atomic E-state index is 0.0185. The molecule has 6 aliphatic carbocycles. The molecule has 4 bridgehead atoms. The van der Waals surface area contributed by atoms with E-state index in [0.717, 1.165) is 62.5 Å². The van der Waals surface area contributed by atoms with Gasteiger partial charge < -0.3 is 19.3 Å². The minimum Gasteiger partial charge on any atom is -0.493 e. The van der Waals surface area contributed by atoms with E-state index in [9.17, 15) is 5.11 Å².